The highest BCUT2D eigenvalue weighted by molar-refractivity contribution is 5.53. The lowest BCUT2D eigenvalue weighted by atomic mass is 9.91. The van der Waals surface area contributed by atoms with Crippen molar-refractivity contribution >= 4 is 0 Å². The molecule has 1 aliphatic rings. The van der Waals surface area contributed by atoms with Crippen molar-refractivity contribution in [3.63, 3.8) is 0 Å². The van der Waals surface area contributed by atoms with Crippen molar-refractivity contribution < 1.29 is 19.3 Å². The lowest BCUT2D eigenvalue weighted by Crippen LogP contribution is -2.28. The zero-order chi connectivity index (χ0) is 14.2. The Morgan fingerprint density at radius 1 is 1.26 bits per heavy atom. The highest BCUT2D eigenvalue weighted by Gasteiger charge is 2.34. The number of fused-ring (bicyclic) bond motifs is 1. The van der Waals surface area contributed by atoms with Gasteiger partial charge in [-0.2, -0.15) is 0 Å². The molecule has 1 aromatic carbocycles. The average Bonchev–Trinajstić information content (AvgIpc) is 2.35. The van der Waals surface area contributed by atoms with E-state index >= 15 is 0 Å². The van der Waals surface area contributed by atoms with Gasteiger partial charge in [0.25, 0.3) is 0 Å². The molecule has 1 aromatic rings. The van der Waals surface area contributed by atoms with Crippen LogP contribution in [0.3, 0.4) is 0 Å². The molecule has 1 N–H and O–H groups in total. The summed E-state index contributed by atoms with van der Waals surface area (Å²) in [6.45, 7) is 7.75. The Hall–Kier alpha value is -1.26. The van der Waals surface area contributed by atoms with Gasteiger partial charge >= 0.3 is 0 Å². The van der Waals surface area contributed by atoms with Crippen LogP contribution in [0.15, 0.2) is 12.1 Å². The molecule has 4 nitrogen and oxygen atoms in total. The minimum absolute atomic E-state index is 0.0149. The second kappa shape index (κ2) is 5.39. The average molecular weight is 266 g/mol. The van der Waals surface area contributed by atoms with Gasteiger partial charge in [-0.05, 0) is 39.3 Å². The van der Waals surface area contributed by atoms with Crippen LogP contribution in [0.2, 0.25) is 0 Å². The van der Waals surface area contributed by atoms with Gasteiger partial charge in [-0.3, -0.25) is 0 Å². The van der Waals surface area contributed by atoms with Gasteiger partial charge in [0, 0.05) is 5.56 Å². The Labute approximate surface area is 114 Å². The molecule has 1 aliphatic heterocycles. The quantitative estimate of drug-likeness (QED) is 0.913. The fourth-order valence-electron chi connectivity index (χ4n) is 2.48. The summed E-state index contributed by atoms with van der Waals surface area (Å²) < 4.78 is 16.9. The molecule has 0 unspecified atom stereocenters. The largest absolute Gasteiger partial charge is 0.493 e. The summed E-state index contributed by atoms with van der Waals surface area (Å²) in [5.74, 6) is 1.28. The number of aliphatic hydroxyl groups excluding tert-OH is 1. The molecule has 0 fully saturated rings. The lowest BCUT2D eigenvalue weighted by molar-refractivity contribution is -0.0821. The molecule has 3 atom stereocenters. The van der Waals surface area contributed by atoms with Crippen molar-refractivity contribution in [3.05, 3.63) is 23.3 Å². The fourth-order valence-corrected chi connectivity index (χ4v) is 2.48. The highest BCUT2D eigenvalue weighted by atomic mass is 16.5. The van der Waals surface area contributed by atoms with Crippen molar-refractivity contribution in [2.45, 2.75) is 52.1 Å². The molecule has 1 heterocycles. The number of ether oxygens (including phenoxy) is 3. The van der Waals surface area contributed by atoms with Crippen LogP contribution < -0.4 is 9.47 Å². The molecule has 4 heteroatoms. The molecular formula is C15H22O4. The fraction of sp³-hybridized carbons (Fsp3) is 0.600. The summed E-state index contributed by atoms with van der Waals surface area (Å²) in [5.41, 5.74) is 1.75. The maximum atomic E-state index is 10.4. The van der Waals surface area contributed by atoms with Gasteiger partial charge < -0.3 is 19.3 Å². The summed E-state index contributed by atoms with van der Waals surface area (Å²) in [6, 6.07) is 3.79. The molecular weight excluding hydrogens is 244 g/mol. The van der Waals surface area contributed by atoms with Gasteiger partial charge in [0.2, 0.25) is 0 Å². The van der Waals surface area contributed by atoms with Crippen molar-refractivity contribution in [3.8, 4) is 11.5 Å². The van der Waals surface area contributed by atoms with Crippen LogP contribution in [-0.4, -0.2) is 24.4 Å². The van der Waals surface area contributed by atoms with Crippen molar-refractivity contribution in [1.82, 2.24) is 0 Å². The molecule has 0 saturated heterocycles. The maximum absolute atomic E-state index is 10.4. The topological polar surface area (TPSA) is 47.9 Å². The third-order valence-electron chi connectivity index (χ3n) is 3.36. The number of aliphatic hydroxyl groups is 1. The molecule has 2 rings (SSSR count). The van der Waals surface area contributed by atoms with Crippen molar-refractivity contribution in [2.75, 3.05) is 7.11 Å². The number of hydrogen-bond acceptors (Lipinski definition) is 4. The van der Waals surface area contributed by atoms with Crippen LogP contribution >= 0.6 is 0 Å². The van der Waals surface area contributed by atoms with E-state index in [0.29, 0.717) is 11.5 Å². The summed E-state index contributed by atoms with van der Waals surface area (Å²) >= 11 is 0. The first-order valence-electron chi connectivity index (χ1n) is 6.66. The van der Waals surface area contributed by atoms with Gasteiger partial charge in [0.15, 0.2) is 11.5 Å². The van der Waals surface area contributed by atoms with Crippen LogP contribution in [0.4, 0.5) is 0 Å². The number of hydrogen-bond donors (Lipinski definition) is 1. The normalized spacial score (nSPS) is 26.2. The van der Waals surface area contributed by atoms with E-state index in [1.54, 1.807) is 7.11 Å². The van der Waals surface area contributed by atoms with Crippen molar-refractivity contribution in [1.29, 1.82) is 0 Å². The van der Waals surface area contributed by atoms with E-state index in [9.17, 15) is 5.11 Å². The SMILES string of the molecule is COc1ccc2c(c1OC(C)C)[C@H](O)[C@@H](C)O[C@@H]2C. The Bertz CT molecular complexity index is 456. The van der Waals surface area contributed by atoms with E-state index in [2.05, 4.69) is 0 Å². The minimum Gasteiger partial charge on any atom is -0.493 e. The molecule has 0 aliphatic carbocycles. The monoisotopic (exact) mass is 266 g/mol. The lowest BCUT2D eigenvalue weighted by Gasteiger charge is -2.34. The Morgan fingerprint density at radius 3 is 2.53 bits per heavy atom. The van der Waals surface area contributed by atoms with Crippen LogP contribution in [0.5, 0.6) is 11.5 Å². The molecule has 19 heavy (non-hydrogen) atoms. The number of benzene rings is 1. The minimum atomic E-state index is -0.699. The molecule has 0 amide bonds. The third-order valence-corrected chi connectivity index (χ3v) is 3.36. The second-order valence-corrected chi connectivity index (χ2v) is 5.19. The molecule has 106 valence electrons. The first-order chi connectivity index (χ1) is 8.95. The Morgan fingerprint density at radius 2 is 1.95 bits per heavy atom. The zero-order valence-electron chi connectivity index (χ0n) is 12.1. The van der Waals surface area contributed by atoms with E-state index in [1.165, 1.54) is 0 Å². The summed E-state index contributed by atoms with van der Waals surface area (Å²) in [6.07, 6.45) is -1.01. The van der Waals surface area contributed by atoms with Crippen LogP contribution in [0.1, 0.15) is 51.0 Å². The van der Waals surface area contributed by atoms with Crippen LogP contribution in [-0.2, 0) is 4.74 Å². The summed E-state index contributed by atoms with van der Waals surface area (Å²) in [7, 11) is 1.60. The van der Waals surface area contributed by atoms with Gasteiger partial charge in [-0.15, -0.1) is 0 Å². The molecule has 0 aromatic heterocycles. The van der Waals surface area contributed by atoms with E-state index in [0.717, 1.165) is 11.1 Å². The predicted molar refractivity (Wildman–Crippen MR) is 72.7 cm³/mol. The standard InChI is InChI=1S/C15H22O4/c1-8(2)18-15-12(17-5)7-6-11-9(3)19-10(4)14(16)13(11)15/h6-10,14,16H,1-5H3/t9-,10-,14-/m1/s1. The first kappa shape index (κ1) is 14.2. The third kappa shape index (κ3) is 2.55. The molecule has 0 spiro atoms. The van der Waals surface area contributed by atoms with Gasteiger partial charge in [-0.25, -0.2) is 0 Å². The maximum Gasteiger partial charge on any atom is 0.167 e. The molecule has 0 radical (unpaired) electrons. The smallest absolute Gasteiger partial charge is 0.167 e. The first-order valence-corrected chi connectivity index (χ1v) is 6.66. The molecule has 0 bridgehead atoms. The molecule has 0 saturated carbocycles. The van der Waals surface area contributed by atoms with Crippen molar-refractivity contribution in [2.24, 2.45) is 0 Å². The van der Waals surface area contributed by atoms with E-state index < -0.39 is 6.10 Å². The van der Waals surface area contributed by atoms with E-state index in [-0.39, 0.29) is 18.3 Å². The highest BCUT2D eigenvalue weighted by Crippen LogP contribution is 2.45. The van der Waals surface area contributed by atoms with Gasteiger partial charge in [0.05, 0.1) is 25.4 Å². The van der Waals surface area contributed by atoms with Crippen LogP contribution in [0, 0.1) is 0 Å². The summed E-state index contributed by atoms with van der Waals surface area (Å²) in [5, 5.41) is 10.4. The zero-order valence-corrected chi connectivity index (χ0v) is 12.1. The number of rotatable bonds is 3. The van der Waals surface area contributed by atoms with Gasteiger partial charge in [-0.1, -0.05) is 6.07 Å². The second-order valence-electron chi connectivity index (χ2n) is 5.19. The predicted octanol–water partition coefficient (Wildman–Crippen LogP) is 3.00. The number of methoxy groups -OCH3 is 1. The van der Waals surface area contributed by atoms with E-state index in [4.69, 9.17) is 14.2 Å². The van der Waals surface area contributed by atoms with Crippen LogP contribution in [0.25, 0.3) is 0 Å². The summed E-state index contributed by atoms with van der Waals surface area (Å²) in [4.78, 5) is 0. The Kier molecular flexibility index (Phi) is 4.02. The van der Waals surface area contributed by atoms with Gasteiger partial charge in [0.1, 0.15) is 6.10 Å². The van der Waals surface area contributed by atoms with E-state index in [1.807, 2.05) is 39.8 Å². The Balaban J connectivity index is 2.58.